The van der Waals surface area contributed by atoms with E-state index in [4.69, 9.17) is 14.2 Å². The molecule has 294 valence electrons. The zero-order chi connectivity index (χ0) is 37.1. The van der Waals surface area contributed by atoms with Gasteiger partial charge in [-0.15, -0.1) is 0 Å². The lowest BCUT2D eigenvalue weighted by Gasteiger charge is -2.58. The van der Waals surface area contributed by atoms with Gasteiger partial charge in [-0.3, -0.25) is 4.79 Å². The molecule has 2 aliphatic heterocycles. The normalized spacial score (nSPS) is 37.8. The molecule has 2 saturated heterocycles. The fraction of sp³-hybridized carbons (Fsp3) is 0.571. The lowest BCUT2D eigenvalue weighted by atomic mass is 9.47. The average molecular weight is 826 g/mol. The number of fused-ring (bicyclic) bond motifs is 7. The van der Waals surface area contributed by atoms with Crippen LogP contribution in [0.3, 0.4) is 0 Å². The van der Waals surface area contributed by atoms with Gasteiger partial charge >= 0.3 is 5.97 Å². The van der Waals surface area contributed by atoms with Crippen molar-refractivity contribution in [1.29, 1.82) is 0 Å². The molecule has 0 bridgehead atoms. The Morgan fingerprint density at radius 3 is 2.05 bits per heavy atom. The van der Waals surface area contributed by atoms with Crippen molar-refractivity contribution in [3.8, 4) is 0 Å². The van der Waals surface area contributed by atoms with Gasteiger partial charge in [0.15, 0.2) is 5.79 Å². The van der Waals surface area contributed by atoms with E-state index in [0.717, 1.165) is 56.7 Å². The molecule has 6 heteroatoms. The van der Waals surface area contributed by atoms with Crippen LogP contribution in [0, 0.1) is 46.3 Å². The average Bonchev–Trinajstić information content (AvgIpc) is 3.64. The molecule has 55 heavy (non-hydrogen) atoms. The van der Waals surface area contributed by atoms with Gasteiger partial charge in [-0.25, -0.2) is 0 Å². The third-order valence-corrected chi connectivity index (χ3v) is 20.6. The highest BCUT2D eigenvalue weighted by atomic mass is 79.9. The van der Waals surface area contributed by atoms with Crippen molar-refractivity contribution in [2.45, 2.75) is 116 Å². The minimum atomic E-state index is -1.96. The van der Waals surface area contributed by atoms with Crippen molar-refractivity contribution < 1.29 is 36.0 Å². The van der Waals surface area contributed by atoms with Crippen LogP contribution in [0.5, 0.6) is 0 Å². The first kappa shape index (κ1) is 39.5. The maximum Gasteiger partial charge on any atom is 0.306 e. The predicted molar refractivity (Wildman–Crippen MR) is 221 cm³/mol. The Bertz CT molecular complexity index is 1730. The summed E-state index contributed by atoms with van der Waals surface area (Å²) in [5.74, 6) is 3.49. The Labute approximate surface area is 341 Å². The molecule has 0 unspecified atom stereocenters. The van der Waals surface area contributed by atoms with Gasteiger partial charge in [0, 0.05) is 25.2 Å². The maximum atomic E-state index is 13.6. The summed E-state index contributed by atoms with van der Waals surface area (Å²) >= 11 is 0. The predicted octanol–water partition coefficient (Wildman–Crippen LogP) is 7.04. The van der Waals surface area contributed by atoms with Crippen LogP contribution in [-0.4, -0.2) is 36.7 Å². The van der Waals surface area contributed by atoms with Crippen LogP contribution in [-0.2, 0) is 19.0 Å². The zero-order valence-electron chi connectivity index (χ0n) is 33.5. The molecule has 3 aromatic carbocycles. The van der Waals surface area contributed by atoms with Crippen LogP contribution >= 0.6 is 7.26 Å². The number of rotatable bonds is 8. The summed E-state index contributed by atoms with van der Waals surface area (Å²) in [4.78, 5) is 13.6. The molecular formula is C49H62BrO4P. The summed E-state index contributed by atoms with van der Waals surface area (Å²) in [7, 11) is -1.96. The lowest BCUT2D eigenvalue weighted by molar-refractivity contribution is -0.272. The minimum absolute atomic E-state index is 0. The molecular weight excluding hydrogens is 763 g/mol. The van der Waals surface area contributed by atoms with Gasteiger partial charge < -0.3 is 31.2 Å². The van der Waals surface area contributed by atoms with Gasteiger partial charge in [0.25, 0.3) is 0 Å². The van der Waals surface area contributed by atoms with Crippen LogP contribution in [0.25, 0.3) is 0 Å². The molecule has 2 heterocycles. The Kier molecular flexibility index (Phi) is 11.1. The number of hydrogen-bond donors (Lipinski definition) is 0. The molecule has 4 aliphatic carbocycles. The highest BCUT2D eigenvalue weighted by molar-refractivity contribution is 7.95. The lowest BCUT2D eigenvalue weighted by Crippen LogP contribution is -3.00. The van der Waals surface area contributed by atoms with E-state index in [2.05, 4.69) is 125 Å². The Balaban J connectivity index is 0.00000427. The molecule has 6 aliphatic rings. The van der Waals surface area contributed by atoms with Crippen molar-refractivity contribution in [1.82, 2.24) is 0 Å². The largest absolute Gasteiger partial charge is 1.00 e. The molecule has 1 spiro atoms. The molecule has 5 fully saturated rings. The topological polar surface area (TPSA) is 44.8 Å². The third kappa shape index (κ3) is 6.64. The number of halogens is 1. The van der Waals surface area contributed by atoms with Crippen LogP contribution < -0.4 is 32.9 Å². The SMILES string of the molecule is C[C@@H]1CC[C@@]2(OC1)O[C@H]1C[C@H]3[C@@H]4CC=C5C[C@@H](OC(=O)CCC[P+](c6ccccc6)(c6ccccc6)c6ccccc6)CC[C@]5(C)[C@H]4CC[C@]3(C)[C@H]1[C@@H]2C.[Br-]. The molecule has 0 N–H and O–H groups in total. The highest BCUT2D eigenvalue weighted by Crippen LogP contribution is 2.70. The second kappa shape index (κ2) is 15.5. The number of carbonyl (C=O) groups is 1. The van der Waals surface area contributed by atoms with Crippen molar-refractivity contribution >= 4 is 29.1 Å². The van der Waals surface area contributed by atoms with Gasteiger partial charge in [0.2, 0.25) is 0 Å². The smallest absolute Gasteiger partial charge is 0.306 e. The summed E-state index contributed by atoms with van der Waals surface area (Å²) < 4.78 is 20.0. The summed E-state index contributed by atoms with van der Waals surface area (Å²) in [6.07, 6.45) is 15.4. The van der Waals surface area contributed by atoms with E-state index in [-0.39, 0.29) is 40.3 Å². The molecule has 4 nitrogen and oxygen atoms in total. The van der Waals surface area contributed by atoms with E-state index in [0.29, 0.717) is 41.6 Å². The minimum Gasteiger partial charge on any atom is -1.00 e. The van der Waals surface area contributed by atoms with Gasteiger partial charge in [-0.2, -0.15) is 0 Å². The molecule has 3 saturated carbocycles. The van der Waals surface area contributed by atoms with E-state index < -0.39 is 7.26 Å². The Hall–Kier alpha value is -2.30. The molecule has 11 atom stereocenters. The Morgan fingerprint density at radius 2 is 1.45 bits per heavy atom. The number of benzene rings is 3. The zero-order valence-corrected chi connectivity index (χ0v) is 36.0. The number of esters is 1. The first-order valence-electron chi connectivity index (χ1n) is 21.4. The van der Waals surface area contributed by atoms with Crippen LogP contribution in [0.15, 0.2) is 103 Å². The molecule has 3 aromatic rings. The van der Waals surface area contributed by atoms with Gasteiger partial charge in [0.05, 0.1) is 18.9 Å². The number of ether oxygens (including phenoxy) is 3. The van der Waals surface area contributed by atoms with Crippen LogP contribution in [0.1, 0.15) is 98.3 Å². The third-order valence-electron chi connectivity index (χ3n) is 16.1. The fourth-order valence-corrected chi connectivity index (χ4v) is 17.7. The van der Waals surface area contributed by atoms with E-state index >= 15 is 0 Å². The van der Waals surface area contributed by atoms with Crippen molar-refractivity contribution in [2.75, 3.05) is 12.8 Å². The quantitative estimate of drug-likeness (QED) is 0.139. The van der Waals surface area contributed by atoms with E-state index in [1.54, 1.807) is 5.57 Å². The summed E-state index contributed by atoms with van der Waals surface area (Å²) in [5, 5.41) is 4.10. The molecule has 0 radical (unpaired) electrons. The first-order chi connectivity index (χ1) is 26.2. The highest BCUT2D eigenvalue weighted by Gasteiger charge is 2.68. The van der Waals surface area contributed by atoms with Crippen LogP contribution in [0.4, 0.5) is 0 Å². The van der Waals surface area contributed by atoms with Crippen molar-refractivity contribution in [3.63, 3.8) is 0 Å². The van der Waals surface area contributed by atoms with Gasteiger partial charge in [-0.05, 0) is 128 Å². The van der Waals surface area contributed by atoms with Crippen molar-refractivity contribution in [2.24, 2.45) is 46.3 Å². The van der Waals surface area contributed by atoms with Gasteiger partial charge in [-0.1, -0.05) is 93.9 Å². The number of allylic oxidation sites excluding steroid dienone is 1. The Morgan fingerprint density at radius 1 is 0.818 bits per heavy atom. The molecule has 0 amide bonds. The van der Waals surface area contributed by atoms with Crippen molar-refractivity contribution in [3.05, 3.63) is 103 Å². The molecule has 0 aromatic heterocycles. The monoisotopic (exact) mass is 824 g/mol. The van der Waals surface area contributed by atoms with Gasteiger partial charge in [0.1, 0.15) is 29.3 Å². The van der Waals surface area contributed by atoms with Crippen LogP contribution in [0.2, 0.25) is 0 Å². The number of carbonyl (C=O) groups excluding carboxylic acids is 1. The van der Waals surface area contributed by atoms with E-state index in [1.807, 2.05) is 0 Å². The summed E-state index contributed by atoms with van der Waals surface area (Å²) in [5.41, 5.74) is 2.12. The summed E-state index contributed by atoms with van der Waals surface area (Å²) in [6, 6.07) is 33.0. The second-order valence-corrected chi connectivity index (χ2v) is 22.4. The summed E-state index contributed by atoms with van der Waals surface area (Å²) in [6.45, 7) is 10.8. The van der Waals surface area contributed by atoms with E-state index in [9.17, 15) is 4.79 Å². The first-order valence-corrected chi connectivity index (χ1v) is 23.4. The fourth-order valence-electron chi connectivity index (χ4n) is 13.3. The second-order valence-electron chi connectivity index (χ2n) is 18.8. The number of hydrogen-bond acceptors (Lipinski definition) is 4. The van der Waals surface area contributed by atoms with E-state index in [1.165, 1.54) is 48.0 Å². The molecule has 9 rings (SSSR count). The standard InChI is InChI=1S/C49H62O4P.BrH/c1-34-24-29-49(51-33-34)35(2)46-44(53-49)32-43-41-23-22-36-31-37(25-27-47(36,3)42(41)26-28-48(43,46)4)52-45(50)21-14-30-54(38-15-8-5-9-16-38,39-17-10-6-11-18-39)40-19-12-7-13-20-40;/h5-13,15-20,22,34-35,37,41-44,46H,14,21,23-33H2,1-4H3;1H/q+1;/p-1/t34-,35+,37+,41-,42+,43+,44+,46+,47+,48+,49-;/m1./s1. The maximum absolute atomic E-state index is 13.6.